The van der Waals surface area contributed by atoms with Gasteiger partial charge in [0, 0.05) is 6.42 Å². The molecule has 0 radical (unpaired) electrons. The molecule has 0 aliphatic carbocycles. The van der Waals surface area contributed by atoms with E-state index in [2.05, 4.69) is 6.92 Å². The molecule has 0 aromatic carbocycles. The van der Waals surface area contributed by atoms with Crippen molar-refractivity contribution in [1.82, 2.24) is 0 Å². The molecular formula is C22H32O5. The van der Waals surface area contributed by atoms with Crippen molar-refractivity contribution in [3.8, 4) is 0 Å². The predicted molar refractivity (Wildman–Crippen MR) is 109 cm³/mol. The first-order valence-corrected chi connectivity index (χ1v) is 9.21. The van der Waals surface area contributed by atoms with Crippen LogP contribution in [0.4, 0.5) is 0 Å². The SMILES string of the molecule is CCC=CC[C@H](O)C=CC=CCC=CC=CC=C[C@@H](O)[C@@H](O)CCC(=O)O. The average molecular weight is 376 g/mol. The van der Waals surface area contributed by atoms with Crippen molar-refractivity contribution < 1.29 is 25.2 Å². The Labute approximate surface area is 162 Å². The van der Waals surface area contributed by atoms with E-state index in [-0.39, 0.29) is 12.8 Å². The molecule has 0 saturated heterocycles. The number of carbonyl (C=O) groups is 1. The smallest absolute Gasteiger partial charge is 0.303 e. The number of rotatable bonds is 14. The van der Waals surface area contributed by atoms with Crippen molar-refractivity contribution in [2.75, 3.05) is 0 Å². The topological polar surface area (TPSA) is 98.0 Å². The molecule has 0 aliphatic heterocycles. The number of hydrogen-bond donors (Lipinski definition) is 4. The Morgan fingerprint density at radius 3 is 2.15 bits per heavy atom. The van der Waals surface area contributed by atoms with E-state index in [1.54, 1.807) is 24.3 Å². The lowest BCUT2D eigenvalue weighted by molar-refractivity contribution is -0.137. The van der Waals surface area contributed by atoms with Crippen LogP contribution in [-0.2, 0) is 4.79 Å². The monoisotopic (exact) mass is 376 g/mol. The average Bonchev–Trinajstić information content (AvgIpc) is 2.64. The molecule has 0 unspecified atom stereocenters. The standard InChI is InChI=1S/C22H32O5/c1-2-3-11-14-19(23)15-12-9-7-5-4-6-8-10-13-16-20(24)21(25)17-18-22(26)27/h3-4,6-13,15-16,19-21,23-25H,2,5,14,17-18H2,1H3,(H,26,27)/t19-,20+,21-/m0/s1. The molecule has 0 aliphatic rings. The van der Waals surface area contributed by atoms with Gasteiger partial charge in [0.1, 0.15) is 0 Å². The number of carboxylic acid groups (broad SMARTS) is 1. The van der Waals surface area contributed by atoms with Crippen LogP contribution in [0.1, 0.15) is 39.0 Å². The summed E-state index contributed by atoms with van der Waals surface area (Å²) in [4.78, 5) is 10.4. The zero-order chi connectivity index (χ0) is 20.3. The maximum absolute atomic E-state index is 10.4. The zero-order valence-corrected chi connectivity index (χ0v) is 15.9. The summed E-state index contributed by atoms with van der Waals surface area (Å²) in [6.45, 7) is 2.05. The van der Waals surface area contributed by atoms with Gasteiger partial charge < -0.3 is 20.4 Å². The molecule has 0 saturated carbocycles. The van der Waals surface area contributed by atoms with Crippen LogP contribution in [0.15, 0.2) is 72.9 Å². The minimum atomic E-state index is -1.08. The maximum Gasteiger partial charge on any atom is 0.303 e. The number of aliphatic hydroxyl groups excluding tert-OH is 3. The van der Waals surface area contributed by atoms with Gasteiger partial charge in [0.05, 0.1) is 18.3 Å². The molecule has 3 atom stereocenters. The van der Waals surface area contributed by atoms with Crippen molar-refractivity contribution in [3.63, 3.8) is 0 Å². The highest BCUT2D eigenvalue weighted by molar-refractivity contribution is 5.66. The van der Waals surface area contributed by atoms with Gasteiger partial charge in [0.2, 0.25) is 0 Å². The first-order chi connectivity index (χ1) is 13.0. The van der Waals surface area contributed by atoms with Gasteiger partial charge in [0.15, 0.2) is 0 Å². The van der Waals surface area contributed by atoms with Crippen LogP contribution < -0.4 is 0 Å². The largest absolute Gasteiger partial charge is 0.481 e. The molecule has 27 heavy (non-hydrogen) atoms. The fourth-order valence-electron chi connectivity index (χ4n) is 1.94. The molecule has 5 heteroatoms. The van der Waals surface area contributed by atoms with Gasteiger partial charge >= 0.3 is 5.97 Å². The second-order valence-corrected chi connectivity index (χ2v) is 5.92. The van der Waals surface area contributed by atoms with E-state index in [0.29, 0.717) is 6.42 Å². The Bertz CT molecular complexity index is 555. The number of carboxylic acids is 1. The highest BCUT2D eigenvalue weighted by Crippen LogP contribution is 2.04. The van der Waals surface area contributed by atoms with Gasteiger partial charge in [-0.15, -0.1) is 0 Å². The minimum absolute atomic E-state index is 0.0116. The third-order valence-corrected chi connectivity index (χ3v) is 3.46. The molecule has 0 amide bonds. The van der Waals surface area contributed by atoms with Crippen LogP contribution >= 0.6 is 0 Å². The van der Waals surface area contributed by atoms with E-state index >= 15 is 0 Å². The van der Waals surface area contributed by atoms with Gasteiger partial charge in [-0.1, -0.05) is 79.8 Å². The molecule has 4 N–H and O–H groups in total. The van der Waals surface area contributed by atoms with E-state index in [4.69, 9.17) is 5.11 Å². The normalized spacial score (nSPS) is 16.6. The molecule has 0 fully saturated rings. The van der Waals surface area contributed by atoms with Crippen molar-refractivity contribution in [2.24, 2.45) is 0 Å². The maximum atomic E-state index is 10.4. The molecule has 0 spiro atoms. The molecule has 0 bridgehead atoms. The van der Waals surface area contributed by atoms with Gasteiger partial charge in [-0.25, -0.2) is 0 Å². The quantitative estimate of drug-likeness (QED) is 0.275. The Morgan fingerprint density at radius 1 is 0.852 bits per heavy atom. The molecule has 5 nitrogen and oxygen atoms in total. The number of hydrogen-bond acceptors (Lipinski definition) is 4. The molecule has 0 heterocycles. The van der Waals surface area contributed by atoms with Gasteiger partial charge in [0.25, 0.3) is 0 Å². The lowest BCUT2D eigenvalue weighted by Gasteiger charge is -2.12. The third kappa shape index (κ3) is 17.0. The second-order valence-electron chi connectivity index (χ2n) is 5.92. The van der Waals surface area contributed by atoms with Crippen molar-refractivity contribution in [3.05, 3.63) is 72.9 Å². The molecule has 0 rings (SSSR count). The molecule has 150 valence electrons. The molecule has 0 aromatic rings. The number of aliphatic hydroxyl groups is 3. The summed E-state index contributed by atoms with van der Waals surface area (Å²) in [5.74, 6) is -1.000. The van der Waals surface area contributed by atoms with E-state index in [0.717, 1.165) is 12.8 Å². The Hall–Kier alpha value is -2.21. The molecule has 0 aromatic heterocycles. The van der Waals surface area contributed by atoms with Crippen LogP contribution in [0.5, 0.6) is 0 Å². The Morgan fingerprint density at radius 2 is 1.48 bits per heavy atom. The van der Waals surface area contributed by atoms with Crippen LogP contribution in [0.25, 0.3) is 0 Å². The lowest BCUT2D eigenvalue weighted by atomic mass is 10.1. The second kappa shape index (κ2) is 17.2. The van der Waals surface area contributed by atoms with E-state index in [1.165, 1.54) is 6.08 Å². The first kappa shape index (κ1) is 24.8. The van der Waals surface area contributed by atoms with E-state index < -0.39 is 24.3 Å². The number of aliphatic carboxylic acids is 1. The van der Waals surface area contributed by atoms with Crippen LogP contribution in [-0.4, -0.2) is 44.7 Å². The summed E-state index contributed by atoms with van der Waals surface area (Å²) in [6.07, 6.45) is 21.3. The third-order valence-electron chi connectivity index (χ3n) is 3.46. The van der Waals surface area contributed by atoms with E-state index in [9.17, 15) is 20.1 Å². The summed E-state index contributed by atoms with van der Waals surface area (Å²) in [7, 11) is 0. The van der Waals surface area contributed by atoms with Crippen molar-refractivity contribution >= 4 is 5.97 Å². The summed E-state index contributed by atoms with van der Waals surface area (Å²) < 4.78 is 0. The van der Waals surface area contributed by atoms with Crippen LogP contribution in [0.2, 0.25) is 0 Å². The Kier molecular flexibility index (Phi) is 15.8. The summed E-state index contributed by atoms with van der Waals surface area (Å²) in [5, 5.41) is 37.4. The summed E-state index contributed by atoms with van der Waals surface area (Å²) in [5.41, 5.74) is 0. The lowest BCUT2D eigenvalue weighted by Crippen LogP contribution is -2.24. The minimum Gasteiger partial charge on any atom is -0.481 e. The fraction of sp³-hybridized carbons (Fsp3) is 0.409. The highest BCUT2D eigenvalue weighted by Gasteiger charge is 2.13. The summed E-state index contributed by atoms with van der Waals surface area (Å²) >= 11 is 0. The van der Waals surface area contributed by atoms with Gasteiger partial charge in [-0.3, -0.25) is 4.79 Å². The van der Waals surface area contributed by atoms with Crippen molar-refractivity contribution in [2.45, 2.75) is 57.3 Å². The summed E-state index contributed by atoms with van der Waals surface area (Å²) in [6, 6.07) is 0. The van der Waals surface area contributed by atoms with Crippen LogP contribution in [0, 0.1) is 0 Å². The molecular weight excluding hydrogens is 344 g/mol. The highest BCUT2D eigenvalue weighted by atomic mass is 16.4. The Balaban J connectivity index is 3.98. The van der Waals surface area contributed by atoms with Crippen molar-refractivity contribution in [1.29, 1.82) is 0 Å². The first-order valence-electron chi connectivity index (χ1n) is 9.21. The fourth-order valence-corrected chi connectivity index (χ4v) is 1.94. The number of allylic oxidation sites excluding steroid dienone is 9. The van der Waals surface area contributed by atoms with Crippen LogP contribution in [0.3, 0.4) is 0 Å². The predicted octanol–water partition coefficient (Wildman–Crippen LogP) is 3.46. The van der Waals surface area contributed by atoms with Gasteiger partial charge in [-0.05, 0) is 25.7 Å². The zero-order valence-electron chi connectivity index (χ0n) is 15.9. The van der Waals surface area contributed by atoms with E-state index in [1.807, 2.05) is 42.5 Å². The van der Waals surface area contributed by atoms with Gasteiger partial charge in [-0.2, -0.15) is 0 Å².